The van der Waals surface area contributed by atoms with Gasteiger partial charge in [-0.05, 0) is 24.2 Å². The van der Waals surface area contributed by atoms with E-state index in [1.807, 2.05) is 0 Å². The van der Waals surface area contributed by atoms with Crippen LogP contribution >= 0.6 is 0 Å². The highest BCUT2D eigenvalue weighted by Gasteiger charge is 2.43. The second-order valence-electron chi connectivity index (χ2n) is 4.88. The summed E-state index contributed by atoms with van der Waals surface area (Å²) in [6.45, 7) is 20.6. The van der Waals surface area contributed by atoms with Crippen LogP contribution in [0.2, 0.25) is 11.1 Å². The van der Waals surface area contributed by atoms with Crippen molar-refractivity contribution >= 4 is 8.24 Å². The highest BCUT2D eigenvalue weighted by Crippen LogP contribution is 2.40. The van der Waals surface area contributed by atoms with Crippen molar-refractivity contribution in [3.63, 3.8) is 0 Å². The Morgan fingerprint density at radius 3 is 1.56 bits per heavy atom. The van der Waals surface area contributed by atoms with Gasteiger partial charge in [0.15, 0.2) is 8.24 Å². The molecule has 0 N–H and O–H groups in total. The van der Waals surface area contributed by atoms with Gasteiger partial charge in [0.2, 0.25) is 0 Å². The lowest BCUT2D eigenvalue weighted by Crippen LogP contribution is -2.57. The van der Waals surface area contributed by atoms with E-state index in [2.05, 4.69) is 58.4 Å². The summed E-state index contributed by atoms with van der Waals surface area (Å²) >= 11 is 0. The van der Waals surface area contributed by atoms with Gasteiger partial charge in [-0.1, -0.05) is 60.1 Å². The Morgan fingerprint density at radius 2 is 1.38 bits per heavy atom. The second-order valence-corrected chi connectivity index (χ2v) is 9.67. The molecule has 0 heterocycles. The number of nitrogens with zero attached hydrogens (tertiary/aromatic N) is 1. The van der Waals surface area contributed by atoms with Gasteiger partial charge in [-0.25, -0.2) is 0 Å². The third kappa shape index (κ3) is 2.78. The highest BCUT2D eigenvalue weighted by molar-refractivity contribution is 6.84. The summed E-state index contributed by atoms with van der Waals surface area (Å²) in [4.78, 5) is 0. The van der Waals surface area contributed by atoms with Crippen LogP contribution in [-0.4, -0.2) is 25.9 Å². The molecule has 96 valence electrons. The quantitative estimate of drug-likeness (QED) is 0.561. The molecule has 0 spiro atoms. The SMILES string of the molecule is C=C[Si](C(C)CC)(C(C)CC)N(CC)CC. The molecule has 0 fully saturated rings. The van der Waals surface area contributed by atoms with Gasteiger partial charge in [0.25, 0.3) is 0 Å². The molecule has 0 radical (unpaired) electrons. The zero-order valence-corrected chi connectivity index (χ0v) is 13.2. The topological polar surface area (TPSA) is 3.24 Å². The molecule has 0 aliphatic carbocycles. The van der Waals surface area contributed by atoms with Gasteiger partial charge in [-0.15, -0.1) is 6.58 Å². The van der Waals surface area contributed by atoms with Crippen molar-refractivity contribution in [3.05, 3.63) is 12.3 Å². The smallest absolute Gasteiger partial charge is 0.158 e. The van der Waals surface area contributed by atoms with Gasteiger partial charge in [0.1, 0.15) is 0 Å². The lowest BCUT2D eigenvalue weighted by molar-refractivity contribution is 0.438. The second kappa shape index (κ2) is 7.28. The fourth-order valence-electron chi connectivity index (χ4n) is 3.07. The highest BCUT2D eigenvalue weighted by atomic mass is 28.3. The van der Waals surface area contributed by atoms with Crippen molar-refractivity contribution in [2.24, 2.45) is 0 Å². The van der Waals surface area contributed by atoms with Crippen LogP contribution in [0.3, 0.4) is 0 Å². The zero-order chi connectivity index (χ0) is 12.8. The maximum Gasteiger partial charge on any atom is 0.158 e. The molecule has 0 saturated carbocycles. The predicted octanol–water partition coefficient (Wildman–Crippen LogP) is 4.60. The molecule has 2 unspecified atom stereocenters. The van der Waals surface area contributed by atoms with Gasteiger partial charge in [-0.3, -0.25) is 0 Å². The van der Waals surface area contributed by atoms with Crippen LogP contribution in [0.4, 0.5) is 0 Å². The molecule has 0 saturated heterocycles. The Morgan fingerprint density at radius 1 is 1.00 bits per heavy atom. The summed E-state index contributed by atoms with van der Waals surface area (Å²) in [5.41, 5.74) is 3.96. The van der Waals surface area contributed by atoms with Gasteiger partial charge < -0.3 is 4.57 Å². The predicted molar refractivity (Wildman–Crippen MR) is 78.3 cm³/mol. The summed E-state index contributed by atoms with van der Waals surface area (Å²) in [6, 6.07) is 0. The van der Waals surface area contributed by atoms with E-state index in [9.17, 15) is 0 Å². The Labute approximate surface area is 104 Å². The Kier molecular flexibility index (Phi) is 7.25. The normalized spacial score (nSPS) is 19.2. The lowest BCUT2D eigenvalue weighted by atomic mass is 10.3. The molecule has 0 bridgehead atoms. The average molecular weight is 241 g/mol. The minimum atomic E-state index is -1.51. The van der Waals surface area contributed by atoms with Crippen molar-refractivity contribution in [1.82, 2.24) is 4.57 Å². The van der Waals surface area contributed by atoms with Crippen molar-refractivity contribution in [3.8, 4) is 0 Å². The van der Waals surface area contributed by atoms with Crippen molar-refractivity contribution < 1.29 is 0 Å². The van der Waals surface area contributed by atoms with E-state index in [1.54, 1.807) is 0 Å². The first-order valence-electron chi connectivity index (χ1n) is 6.93. The summed E-state index contributed by atoms with van der Waals surface area (Å²) in [6.07, 6.45) is 2.55. The largest absolute Gasteiger partial charge is 0.320 e. The van der Waals surface area contributed by atoms with Gasteiger partial charge >= 0.3 is 0 Å². The molecule has 1 nitrogen and oxygen atoms in total. The van der Waals surface area contributed by atoms with Crippen molar-refractivity contribution in [2.75, 3.05) is 13.1 Å². The van der Waals surface area contributed by atoms with E-state index in [4.69, 9.17) is 0 Å². The summed E-state index contributed by atoms with van der Waals surface area (Å²) in [5.74, 6) is 0. The Balaban J connectivity index is 5.33. The van der Waals surface area contributed by atoms with Gasteiger partial charge in [0, 0.05) is 0 Å². The lowest BCUT2D eigenvalue weighted by Gasteiger charge is -2.47. The molecule has 16 heavy (non-hydrogen) atoms. The summed E-state index contributed by atoms with van der Waals surface area (Å²) in [5, 5.41) is 0. The van der Waals surface area contributed by atoms with E-state index in [-0.39, 0.29) is 0 Å². The molecule has 0 rings (SSSR count). The van der Waals surface area contributed by atoms with Gasteiger partial charge in [-0.2, -0.15) is 0 Å². The van der Waals surface area contributed by atoms with Crippen molar-refractivity contribution in [2.45, 2.75) is 65.5 Å². The minimum Gasteiger partial charge on any atom is -0.320 e. The number of hydrogen-bond donors (Lipinski definition) is 0. The minimum absolute atomic E-state index is 0.805. The van der Waals surface area contributed by atoms with Crippen LogP contribution in [-0.2, 0) is 0 Å². The molecular formula is C14H31NSi. The first-order chi connectivity index (χ1) is 7.54. The molecule has 0 aliphatic rings. The Bertz CT molecular complexity index is 189. The standard InChI is InChI=1S/C14H31NSi/c1-8-13(6)16(12-5,14(7)9-2)15(10-3)11-4/h12-14H,5,8-11H2,1-4,6-7H3. The van der Waals surface area contributed by atoms with E-state index >= 15 is 0 Å². The van der Waals surface area contributed by atoms with Crippen LogP contribution in [0.1, 0.15) is 54.4 Å². The van der Waals surface area contributed by atoms with E-state index in [0.29, 0.717) is 0 Å². The summed E-state index contributed by atoms with van der Waals surface area (Å²) < 4.78 is 2.72. The number of hydrogen-bond acceptors (Lipinski definition) is 1. The van der Waals surface area contributed by atoms with Crippen LogP contribution < -0.4 is 0 Å². The average Bonchev–Trinajstić information content (AvgIpc) is 2.34. The van der Waals surface area contributed by atoms with E-state index in [0.717, 1.165) is 11.1 Å². The van der Waals surface area contributed by atoms with E-state index in [1.165, 1.54) is 25.9 Å². The monoisotopic (exact) mass is 241 g/mol. The molecule has 2 atom stereocenters. The molecule has 0 aliphatic heterocycles. The fourth-order valence-corrected chi connectivity index (χ4v) is 8.75. The first kappa shape index (κ1) is 15.9. The van der Waals surface area contributed by atoms with Crippen molar-refractivity contribution in [1.29, 1.82) is 0 Å². The molecule has 2 heteroatoms. The maximum absolute atomic E-state index is 4.21. The molecule has 0 amide bonds. The zero-order valence-electron chi connectivity index (χ0n) is 12.2. The Hall–Kier alpha value is -0.0831. The molecule has 0 aromatic heterocycles. The molecule has 0 aromatic rings. The summed E-state index contributed by atoms with van der Waals surface area (Å²) in [7, 11) is -1.51. The molecular weight excluding hydrogens is 210 g/mol. The van der Waals surface area contributed by atoms with Crippen LogP contribution in [0.5, 0.6) is 0 Å². The van der Waals surface area contributed by atoms with E-state index < -0.39 is 8.24 Å². The third-order valence-electron chi connectivity index (χ3n) is 4.44. The fraction of sp³-hybridized carbons (Fsp3) is 0.857. The maximum atomic E-state index is 4.21. The van der Waals surface area contributed by atoms with Crippen LogP contribution in [0.15, 0.2) is 12.3 Å². The first-order valence-corrected chi connectivity index (χ1v) is 9.11. The van der Waals surface area contributed by atoms with Gasteiger partial charge in [0.05, 0.1) is 0 Å². The third-order valence-corrected chi connectivity index (χ3v) is 10.8. The number of rotatable bonds is 8. The van der Waals surface area contributed by atoms with Crippen LogP contribution in [0.25, 0.3) is 0 Å². The molecule has 0 aromatic carbocycles. The van der Waals surface area contributed by atoms with Crippen LogP contribution in [0, 0.1) is 0 Å².